The summed E-state index contributed by atoms with van der Waals surface area (Å²) in [7, 11) is 0. The first-order chi connectivity index (χ1) is 52.1. The summed E-state index contributed by atoms with van der Waals surface area (Å²) in [4.78, 5) is 34.5. The number of fused-ring (bicyclic) bond motifs is 20. The summed E-state index contributed by atoms with van der Waals surface area (Å²) in [5, 5.41) is 9.51. The molecule has 0 spiro atoms. The van der Waals surface area contributed by atoms with Gasteiger partial charge < -0.3 is 18.3 Å². The van der Waals surface area contributed by atoms with Gasteiger partial charge in [0.05, 0.1) is 66.9 Å². The molecule has 23 rings (SSSR count). The molecular formula is C97H70N10. The molecule has 13 aromatic carbocycles. The van der Waals surface area contributed by atoms with E-state index in [1.165, 1.54) is 93.0 Å². The number of rotatable bonds is 6. The highest BCUT2D eigenvalue weighted by atomic mass is 15.1. The molecule has 0 atom stereocenters. The SMILES string of the molecule is Cc1nc(-c2ccccc2)nc(-c2c3c(c(-c4c5c(c(-c6nc(-c7ccccc7)nc(-c7ccccc7)n6)c6c4C(C)(C)c4cccc7c8ccccc8n-6c47)C(C)(C)c4cccc6c7ccccc7n-5c46)c4c2C(C)(C)c2cccc5c6ccccc6n-4c25)C(C)(C)c2cccc4c5ccccc5n-3c24)n1. The Morgan fingerprint density at radius 3 is 0.748 bits per heavy atom. The van der Waals surface area contributed by atoms with Gasteiger partial charge in [0.15, 0.2) is 29.1 Å². The fraction of sp³-hybridized carbons (Fsp3) is 0.134. The smallest absolute Gasteiger partial charge is 0.166 e. The molecule has 0 amide bonds. The minimum absolute atomic E-state index is 0.597. The van der Waals surface area contributed by atoms with Crippen LogP contribution in [-0.2, 0) is 21.7 Å². The minimum Gasteiger partial charge on any atom is -0.308 e. The first-order valence-electron chi connectivity index (χ1n) is 37.4. The Hall–Kier alpha value is -12.9. The molecule has 10 heterocycles. The average molecular weight is 1380 g/mol. The Kier molecular flexibility index (Phi) is 11.7. The van der Waals surface area contributed by atoms with E-state index in [2.05, 4.69) is 335 Å². The van der Waals surface area contributed by atoms with E-state index in [0.717, 1.165) is 100 Å². The summed E-state index contributed by atoms with van der Waals surface area (Å²) in [5.41, 5.74) is 26.8. The molecule has 0 unspecified atom stereocenters. The van der Waals surface area contributed by atoms with E-state index in [9.17, 15) is 0 Å². The first-order valence-corrected chi connectivity index (χ1v) is 37.4. The number of aryl methyl sites for hydroxylation is 1. The van der Waals surface area contributed by atoms with Crippen LogP contribution >= 0.6 is 0 Å². The molecule has 6 aromatic heterocycles. The summed E-state index contributed by atoms with van der Waals surface area (Å²) in [6.45, 7) is 22.0. The number of nitrogens with zero attached hydrogens (tertiary/aromatic N) is 10. The highest BCUT2D eigenvalue weighted by Gasteiger charge is 2.53. The molecule has 0 fully saturated rings. The van der Waals surface area contributed by atoms with Crippen LogP contribution in [0.3, 0.4) is 0 Å². The van der Waals surface area contributed by atoms with Crippen molar-refractivity contribution in [3.8, 4) is 90.8 Å². The van der Waals surface area contributed by atoms with Crippen LogP contribution in [0.15, 0.2) is 261 Å². The van der Waals surface area contributed by atoms with Gasteiger partial charge in [-0.1, -0.05) is 292 Å². The van der Waals surface area contributed by atoms with Gasteiger partial charge in [-0.3, -0.25) is 0 Å². The van der Waals surface area contributed by atoms with Crippen LogP contribution in [0, 0.1) is 6.92 Å². The predicted octanol–water partition coefficient (Wildman–Crippen LogP) is 23.3. The van der Waals surface area contributed by atoms with E-state index in [4.69, 9.17) is 29.9 Å². The lowest BCUT2D eigenvalue weighted by molar-refractivity contribution is 0.605. The van der Waals surface area contributed by atoms with Crippen molar-refractivity contribution in [2.24, 2.45) is 0 Å². The largest absolute Gasteiger partial charge is 0.308 e. The van der Waals surface area contributed by atoms with Crippen molar-refractivity contribution in [1.82, 2.24) is 48.2 Å². The third-order valence-electron chi connectivity index (χ3n) is 24.9. The van der Waals surface area contributed by atoms with E-state index in [1.54, 1.807) is 0 Å². The zero-order chi connectivity index (χ0) is 71.6. The fourth-order valence-electron chi connectivity index (χ4n) is 20.5. The normalized spacial score (nSPS) is 15.1. The molecule has 0 aliphatic carbocycles. The van der Waals surface area contributed by atoms with Crippen molar-refractivity contribution < 1.29 is 0 Å². The Balaban J connectivity index is 1.06. The third-order valence-corrected chi connectivity index (χ3v) is 24.9. The molecule has 107 heavy (non-hydrogen) atoms. The quantitative estimate of drug-likeness (QED) is 0.165. The molecule has 0 saturated heterocycles. The predicted molar refractivity (Wildman–Crippen MR) is 436 cm³/mol. The second kappa shape index (κ2) is 20.7. The van der Waals surface area contributed by atoms with Crippen molar-refractivity contribution in [2.75, 3.05) is 0 Å². The number of aromatic nitrogens is 10. The van der Waals surface area contributed by atoms with Crippen molar-refractivity contribution in [1.29, 1.82) is 0 Å². The molecule has 0 radical (unpaired) electrons. The number of benzene rings is 13. The maximum absolute atomic E-state index is 6.01. The maximum atomic E-state index is 6.01. The number of hydrogen-bond acceptors (Lipinski definition) is 6. The molecule has 0 saturated carbocycles. The summed E-state index contributed by atoms with van der Waals surface area (Å²) >= 11 is 0. The van der Waals surface area contributed by atoms with Crippen molar-refractivity contribution in [3.63, 3.8) is 0 Å². The van der Waals surface area contributed by atoms with Crippen LogP contribution in [-0.4, -0.2) is 48.2 Å². The lowest BCUT2D eigenvalue weighted by Gasteiger charge is -2.47. The van der Waals surface area contributed by atoms with Gasteiger partial charge in [0.1, 0.15) is 5.82 Å². The van der Waals surface area contributed by atoms with Crippen molar-refractivity contribution in [2.45, 2.75) is 84.0 Å². The van der Waals surface area contributed by atoms with Crippen LogP contribution in [0.4, 0.5) is 0 Å². The molecule has 10 nitrogen and oxygen atoms in total. The molecule has 0 N–H and O–H groups in total. The number of hydrogen-bond donors (Lipinski definition) is 0. The first kappa shape index (κ1) is 60.5. The van der Waals surface area contributed by atoms with Gasteiger partial charge in [-0.2, -0.15) is 0 Å². The van der Waals surface area contributed by atoms with Crippen LogP contribution in [0.2, 0.25) is 0 Å². The van der Waals surface area contributed by atoms with E-state index in [-0.39, 0.29) is 0 Å². The summed E-state index contributed by atoms with van der Waals surface area (Å²) in [6, 6.07) is 96.1. The highest BCUT2D eigenvalue weighted by molar-refractivity contribution is 6.20. The van der Waals surface area contributed by atoms with E-state index in [0.29, 0.717) is 34.9 Å². The summed E-state index contributed by atoms with van der Waals surface area (Å²) in [5.74, 6) is 3.68. The summed E-state index contributed by atoms with van der Waals surface area (Å²) in [6.07, 6.45) is 0. The zero-order valence-electron chi connectivity index (χ0n) is 60.8. The van der Waals surface area contributed by atoms with Gasteiger partial charge in [0.2, 0.25) is 0 Å². The Bertz CT molecular complexity index is 7180. The van der Waals surface area contributed by atoms with Gasteiger partial charge in [-0.15, -0.1) is 0 Å². The third kappa shape index (κ3) is 7.58. The highest BCUT2D eigenvalue weighted by Crippen LogP contribution is 2.67. The Labute approximate surface area is 617 Å². The van der Waals surface area contributed by atoms with Crippen LogP contribution in [0.5, 0.6) is 0 Å². The van der Waals surface area contributed by atoms with Gasteiger partial charge >= 0.3 is 0 Å². The van der Waals surface area contributed by atoms with Crippen LogP contribution in [0.1, 0.15) is 106 Å². The van der Waals surface area contributed by atoms with E-state index < -0.39 is 21.7 Å². The monoisotopic (exact) mass is 1370 g/mol. The minimum atomic E-state index is -0.798. The molecule has 4 aliphatic heterocycles. The Morgan fingerprint density at radius 2 is 0.439 bits per heavy atom. The Morgan fingerprint density at radius 1 is 0.215 bits per heavy atom. The molecule has 19 aromatic rings. The van der Waals surface area contributed by atoms with Gasteiger partial charge in [-0.05, 0) is 64.6 Å². The molecule has 10 heteroatoms. The summed E-state index contributed by atoms with van der Waals surface area (Å²) < 4.78 is 10.7. The molecular weight excluding hydrogens is 1310 g/mol. The van der Waals surface area contributed by atoms with Crippen molar-refractivity contribution >= 4 is 87.2 Å². The average Bonchev–Trinajstić information content (AvgIpc) is 1.63. The van der Waals surface area contributed by atoms with Crippen LogP contribution < -0.4 is 0 Å². The van der Waals surface area contributed by atoms with E-state index >= 15 is 0 Å². The second-order valence-electron chi connectivity index (χ2n) is 32.0. The lowest BCUT2D eigenvalue weighted by Crippen LogP contribution is -2.37. The van der Waals surface area contributed by atoms with Crippen molar-refractivity contribution in [3.05, 3.63) is 311 Å². The van der Waals surface area contributed by atoms with E-state index in [1.807, 2.05) is 6.92 Å². The lowest BCUT2D eigenvalue weighted by atomic mass is 9.61. The van der Waals surface area contributed by atoms with Gasteiger partial charge in [-0.25, -0.2) is 29.9 Å². The van der Waals surface area contributed by atoms with Gasteiger partial charge in [0, 0.05) is 115 Å². The molecule has 4 aliphatic rings. The second-order valence-corrected chi connectivity index (χ2v) is 32.0. The fourth-order valence-corrected chi connectivity index (χ4v) is 20.5. The molecule has 508 valence electrons. The standard InChI is InChI=1S/C97H70N10/c1-53-98-89(54-31-13-10-14-32-54)101-92(99-53)75-79-85(104-69-49-23-19-37-57(69)61-41-29-47-67(81(61)104)96(79,6)7)73(77-87(75)106-71-51-25-21-39-59(71)63-43-27-45-65(83(63)106)94(77,2)3)74-78-88(107-72-52-26-22-40-60(72)64-44-28-46-66(84(64)107)95(78,4)5)76(93-102-90(55-33-15-11-16-34-55)100-91(103-93)56-35-17-12-18-36-56)80-86(74)105-70-50-24-20-38-58(70)62-42-30-48-68(82(62)105)97(80,8)9/h10-52H,1-9H3. The maximum Gasteiger partial charge on any atom is 0.166 e. The van der Waals surface area contributed by atoms with Gasteiger partial charge in [0.25, 0.3) is 0 Å². The topological polar surface area (TPSA) is 97.1 Å². The zero-order valence-corrected chi connectivity index (χ0v) is 60.8. The number of para-hydroxylation sites is 8. The molecule has 0 bridgehead atoms. The van der Waals surface area contributed by atoms with Crippen LogP contribution in [0.25, 0.3) is 178 Å².